The van der Waals surface area contributed by atoms with E-state index in [1.165, 1.54) is 6.07 Å². The van der Waals surface area contributed by atoms with Crippen molar-refractivity contribution in [3.8, 4) is 0 Å². The highest BCUT2D eigenvalue weighted by Crippen LogP contribution is 1.96. The van der Waals surface area contributed by atoms with E-state index in [0.717, 1.165) is 21.1 Å². The molecular formula is C15H27N3O4. The summed E-state index contributed by atoms with van der Waals surface area (Å²) in [5.41, 5.74) is -0.839. The van der Waals surface area contributed by atoms with E-state index in [1.807, 2.05) is 0 Å². The predicted molar refractivity (Wildman–Crippen MR) is 80.8 cm³/mol. The number of hydrogen-bond acceptors (Lipinski definition) is 5. The van der Waals surface area contributed by atoms with E-state index in [1.54, 1.807) is 0 Å². The Balaban J connectivity index is 0. The molecule has 0 saturated heterocycles. The molecule has 0 aromatic carbocycles. The van der Waals surface area contributed by atoms with Gasteiger partial charge >= 0.3 is 0 Å². The van der Waals surface area contributed by atoms with Gasteiger partial charge < -0.3 is 28.8 Å². The van der Waals surface area contributed by atoms with E-state index >= 15 is 0 Å². The number of carbonyl (C=O) groups excluding carboxylic acids is 2. The van der Waals surface area contributed by atoms with Crippen LogP contribution in [0.25, 0.3) is 0 Å². The van der Waals surface area contributed by atoms with Crippen LogP contribution in [0.3, 0.4) is 0 Å². The lowest BCUT2D eigenvalue weighted by Gasteiger charge is -2.14. The maximum absolute atomic E-state index is 10.2. The standard InChI is InChI=1S/C7H5NO4.2C4H12N/c9-6(10)4-2-1-3-5(8-4)7(11)12;2*1-5(2,3)4/h1-3H,(H,9,10)(H,11,12);2*1-4H3/q;2*+1/p-2. The van der Waals surface area contributed by atoms with Gasteiger partial charge in [-0.25, -0.2) is 4.98 Å². The molecule has 1 rings (SSSR count). The van der Waals surface area contributed by atoms with Crippen LogP contribution >= 0.6 is 0 Å². The lowest BCUT2D eigenvalue weighted by atomic mass is 10.3. The second-order valence-corrected chi connectivity index (χ2v) is 7.35. The molecule has 1 heterocycles. The average Bonchev–Trinajstić information content (AvgIpc) is 2.24. The zero-order valence-corrected chi connectivity index (χ0v) is 14.7. The van der Waals surface area contributed by atoms with Gasteiger partial charge in [-0.05, 0) is 12.1 Å². The highest BCUT2D eigenvalue weighted by atomic mass is 16.4. The number of hydrogen-bond donors (Lipinski definition) is 0. The molecule has 0 aliphatic carbocycles. The van der Waals surface area contributed by atoms with Gasteiger partial charge in [0.1, 0.15) is 0 Å². The van der Waals surface area contributed by atoms with E-state index in [-0.39, 0.29) is 0 Å². The topological polar surface area (TPSA) is 93.1 Å². The van der Waals surface area contributed by atoms with Crippen molar-refractivity contribution in [1.82, 2.24) is 4.98 Å². The Morgan fingerprint density at radius 3 is 1.18 bits per heavy atom. The maximum atomic E-state index is 10.2. The van der Waals surface area contributed by atoms with Crippen LogP contribution in [0.5, 0.6) is 0 Å². The number of nitrogens with zero attached hydrogens (tertiary/aromatic N) is 3. The van der Waals surface area contributed by atoms with Crippen LogP contribution < -0.4 is 10.2 Å². The zero-order valence-electron chi connectivity index (χ0n) is 14.7. The minimum absolute atomic E-state index is 0.420. The van der Waals surface area contributed by atoms with Crippen molar-refractivity contribution < 1.29 is 28.8 Å². The highest BCUT2D eigenvalue weighted by Gasteiger charge is 1.97. The summed E-state index contributed by atoms with van der Waals surface area (Å²) < 4.78 is 2.00. The largest absolute Gasteiger partial charge is 0.543 e. The number of carboxylic acids is 2. The van der Waals surface area contributed by atoms with Crippen molar-refractivity contribution in [3.05, 3.63) is 29.6 Å². The normalized spacial score (nSPS) is 10.5. The maximum Gasteiger partial charge on any atom is 0.0900 e. The molecule has 7 nitrogen and oxygen atoms in total. The summed E-state index contributed by atoms with van der Waals surface area (Å²) in [7, 11) is 17.0. The first-order chi connectivity index (χ1) is 9.61. The fourth-order valence-corrected chi connectivity index (χ4v) is 0.662. The van der Waals surface area contributed by atoms with Crippen LogP contribution in [-0.4, -0.2) is 82.3 Å². The number of aromatic nitrogens is 1. The minimum Gasteiger partial charge on any atom is -0.543 e. The zero-order chi connectivity index (χ0) is 18.1. The fraction of sp³-hybridized carbons (Fsp3) is 0.533. The summed E-state index contributed by atoms with van der Waals surface area (Å²) in [6.07, 6.45) is 0. The first-order valence-electron chi connectivity index (χ1n) is 6.59. The molecule has 0 N–H and O–H groups in total. The van der Waals surface area contributed by atoms with Gasteiger partial charge in [-0.15, -0.1) is 0 Å². The Bertz CT molecular complexity index is 435. The molecule has 1 aromatic rings. The van der Waals surface area contributed by atoms with Crippen molar-refractivity contribution in [2.75, 3.05) is 56.4 Å². The van der Waals surface area contributed by atoms with Crippen molar-refractivity contribution in [2.24, 2.45) is 0 Å². The SMILES string of the molecule is C[N+](C)(C)C.C[N+](C)(C)C.O=C([O-])c1cccc(C(=O)[O-])n1. The fourth-order valence-electron chi connectivity index (χ4n) is 0.662. The van der Waals surface area contributed by atoms with Gasteiger partial charge in [0.15, 0.2) is 0 Å². The third kappa shape index (κ3) is 20.3. The summed E-state index contributed by atoms with van der Waals surface area (Å²) in [6.45, 7) is 0. The molecule has 0 unspecified atom stereocenters. The lowest BCUT2D eigenvalue weighted by Crippen LogP contribution is -2.27. The molecule has 0 aliphatic rings. The molecule has 0 saturated carbocycles. The van der Waals surface area contributed by atoms with Gasteiger partial charge in [-0.3, -0.25) is 0 Å². The second-order valence-electron chi connectivity index (χ2n) is 7.35. The average molecular weight is 313 g/mol. The number of quaternary nitrogens is 2. The lowest BCUT2D eigenvalue weighted by molar-refractivity contribution is -0.849. The Morgan fingerprint density at radius 1 is 0.773 bits per heavy atom. The molecule has 0 atom stereocenters. The van der Waals surface area contributed by atoms with Gasteiger partial charge in [0.05, 0.1) is 79.7 Å². The minimum atomic E-state index is -1.52. The Kier molecular flexibility index (Phi) is 9.24. The first-order valence-corrected chi connectivity index (χ1v) is 6.59. The van der Waals surface area contributed by atoms with Gasteiger partial charge in [0, 0.05) is 0 Å². The molecule has 0 aliphatic heterocycles. The molecule has 0 spiro atoms. The first kappa shape index (κ1) is 22.3. The van der Waals surface area contributed by atoms with E-state index in [9.17, 15) is 19.8 Å². The van der Waals surface area contributed by atoms with E-state index in [2.05, 4.69) is 61.4 Å². The highest BCUT2D eigenvalue weighted by molar-refractivity contribution is 5.87. The van der Waals surface area contributed by atoms with Crippen molar-refractivity contribution in [1.29, 1.82) is 0 Å². The molecule has 1 aromatic heterocycles. The van der Waals surface area contributed by atoms with Crippen LogP contribution in [0.2, 0.25) is 0 Å². The predicted octanol–water partition coefficient (Wildman–Crippen LogP) is -1.55. The van der Waals surface area contributed by atoms with Gasteiger partial charge in [-0.2, -0.15) is 0 Å². The van der Waals surface area contributed by atoms with Gasteiger partial charge in [0.2, 0.25) is 0 Å². The molecule has 126 valence electrons. The van der Waals surface area contributed by atoms with Gasteiger partial charge in [-0.1, -0.05) is 6.07 Å². The third-order valence-corrected chi connectivity index (χ3v) is 1.17. The number of rotatable bonds is 2. The van der Waals surface area contributed by atoms with Crippen LogP contribution in [0.1, 0.15) is 21.0 Å². The van der Waals surface area contributed by atoms with Crippen LogP contribution in [0, 0.1) is 0 Å². The monoisotopic (exact) mass is 313 g/mol. The van der Waals surface area contributed by atoms with E-state index in [4.69, 9.17) is 0 Å². The molecule has 0 bridgehead atoms. The molecule has 7 heteroatoms. The molecule has 0 fully saturated rings. The van der Waals surface area contributed by atoms with E-state index in [0.29, 0.717) is 0 Å². The third-order valence-electron chi connectivity index (χ3n) is 1.17. The summed E-state index contributed by atoms with van der Waals surface area (Å²) in [5.74, 6) is -3.03. The second kappa shape index (κ2) is 9.11. The number of aromatic carboxylic acids is 2. The summed E-state index contributed by atoms with van der Waals surface area (Å²) in [5, 5.41) is 20.4. The summed E-state index contributed by atoms with van der Waals surface area (Å²) in [4.78, 5) is 23.6. The van der Waals surface area contributed by atoms with Crippen molar-refractivity contribution in [3.63, 3.8) is 0 Å². The summed E-state index contributed by atoms with van der Waals surface area (Å²) >= 11 is 0. The van der Waals surface area contributed by atoms with Crippen LogP contribution in [0.15, 0.2) is 18.2 Å². The molecular weight excluding hydrogens is 286 g/mol. The van der Waals surface area contributed by atoms with Crippen molar-refractivity contribution in [2.45, 2.75) is 0 Å². The Hall–Kier alpha value is -1.99. The van der Waals surface area contributed by atoms with E-state index < -0.39 is 23.3 Å². The van der Waals surface area contributed by atoms with Crippen molar-refractivity contribution >= 4 is 11.9 Å². The quantitative estimate of drug-likeness (QED) is 0.617. The Morgan fingerprint density at radius 2 is 1.00 bits per heavy atom. The van der Waals surface area contributed by atoms with Gasteiger partial charge in [0.25, 0.3) is 0 Å². The number of pyridine rings is 1. The molecule has 0 amide bonds. The molecule has 22 heavy (non-hydrogen) atoms. The smallest absolute Gasteiger partial charge is 0.0900 e. The Labute approximate surface area is 132 Å². The van der Waals surface area contributed by atoms with Crippen LogP contribution in [0.4, 0.5) is 0 Å². The number of carbonyl (C=O) groups is 2. The molecule has 0 radical (unpaired) electrons. The summed E-state index contributed by atoms with van der Waals surface area (Å²) in [6, 6.07) is 3.53. The van der Waals surface area contributed by atoms with Crippen LogP contribution in [-0.2, 0) is 0 Å². The number of carboxylic acid groups (broad SMARTS) is 2.